The summed E-state index contributed by atoms with van der Waals surface area (Å²) in [7, 11) is 0. The topological polar surface area (TPSA) is 29.3 Å². The van der Waals surface area contributed by atoms with Crippen molar-refractivity contribution in [2.24, 2.45) is 0 Å². The molecular weight excluding hydrogens is 318 g/mol. The first kappa shape index (κ1) is 16.4. The van der Waals surface area contributed by atoms with E-state index < -0.39 is 0 Å². The van der Waals surface area contributed by atoms with Crippen LogP contribution in [0.15, 0.2) is 79.0 Å². The third kappa shape index (κ3) is 3.62. The van der Waals surface area contributed by atoms with E-state index in [-0.39, 0.29) is 0 Å². The first-order valence-corrected chi connectivity index (χ1v) is 9.09. The zero-order valence-corrected chi connectivity index (χ0v) is 15.0. The molecule has 3 nitrogen and oxygen atoms in total. The molecule has 2 heterocycles. The number of rotatable bonds is 6. The molecule has 0 unspecified atom stereocenters. The number of aromatic nitrogens is 2. The predicted molar refractivity (Wildman–Crippen MR) is 108 cm³/mol. The highest BCUT2D eigenvalue weighted by atomic mass is 15.1. The van der Waals surface area contributed by atoms with Crippen LogP contribution in [0, 0.1) is 6.92 Å². The number of pyridine rings is 1. The van der Waals surface area contributed by atoms with E-state index in [1.807, 2.05) is 6.07 Å². The highest BCUT2D eigenvalue weighted by Crippen LogP contribution is 2.22. The van der Waals surface area contributed by atoms with E-state index in [4.69, 9.17) is 4.98 Å². The maximum absolute atomic E-state index is 4.88. The monoisotopic (exact) mass is 341 g/mol. The number of hydrogen-bond donors (Lipinski definition) is 1. The van der Waals surface area contributed by atoms with E-state index in [2.05, 4.69) is 89.6 Å². The van der Waals surface area contributed by atoms with Crippen LogP contribution in [0.3, 0.4) is 0 Å². The number of fused-ring (bicyclic) bond motifs is 1. The van der Waals surface area contributed by atoms with E-state index in [1.54, 1.807) is 0 Å². The standard InChI is InChI=1S/C23H23N3/c1-18-12-15-22-25-21(14-13-19-8-4-2-5-9-19)23(26(22)17-18)24-16-20-10-6-3-7-11-20/h2-12,15,17,24H,13-14,16H2,1H3. The summed E-state index contributed by atoms with van der Waals surface area (Å²) in [5.41, 5.74) is 5.95. The van der Waals surface area contributed by atoms with Gasteiger partial charge in [0.25, 0.3) is 0 Å². The van der Waals surface area contributed by atoms with E-state index in [9.17, 15) is 0 Å². The normalized spacial score (nSPS) is 11.0. The van der Waals surface area contributed by atoms with Gasteiger partial charge in [-0.25, -0.2) is 4.98 Å². The van der Waals surface area contributed by atoms with Gasteiger partial charge in [0, 0.05) is 12.7 Å². The predicted octanol–water partition coefficient (Wildman–Crippen LogP) is 5.04. The maximum atomic E-state index is 4.88. The highest BCUT2D eigenvalue weighted by molar-refractivity contribution is 5.56. The van der Waals surface area contributed by atoms with Crippen LogP contribution in [-0.2, 0) is 19.4 Å². The van der Waals surface area contributed by atoms with E-state index in [0.717, 1.165) is 36.5 Å². The van der Waals surface area contributed by atoms with Crippen molar-refractivity contribution in [2.45, 2.75) is 26.3 Å². The third-order valence-corrected chi connectivity index (χ3v) is 4.63. The number of aryl methyl sites for hydroxylation is 3. The van der Waals surface area contributed by atoms with Crippen molar-refractivity contribution in [3.63, 3.8) is 0 Å². The molecule has 0 saturated heterocycles. The van der Waals surface area contributed by atoms with Crippen molar-refractivity contribution >= 4 is 11.5 Å². The van der Waals surface area contributed by atoms with E-state index >= 15 is 0 Å². The Kier molecular flexibility index (Phi) is 4.69. The van der Waals surface area contributed by atoms with Crippen LogP contribution >= 0.6 is 0 Å². The summed E-state index contributed by atoms with van der Waals surface area (Å²) in [6, 6.07) is 25.3. The second-order valence-electron chi connectivity index (χ2n) is 6.67. The molecule has 26 heavy (non-hydrogen) atoms. The molecule has 2 aromatic heterocycles. The molecule has 0 radical (unpaired) electrons. The van der Waals surface area contributed by atoms with Crippen LogP contribution in [0.4, 0.5) is 5.82 Å². The zero-order chi connectivity index (χ0) is 17.8. The Bertz CT molecular complexity index is 988. The molecule has 3 heteroatoms. The van der Waals surface area contributed by atoms with Gasteiger partial charge >= 0.3 is 0 Å². The van der Waals surface area contributed by atoms with Gasteiger partial charge < -0.3 is 5.32 Å². The molecule has 0 aliphatic carbocycles. The molecule has 2 aromatic carbocycles. The summed E-state index contributed by atoms with van der Waals surface area (Å²) in [6.45, 7) is 2.91. The summed E-state index contributed by atoms with van der Waals surface area (Å²) >= 11 is 0. The molecule has 0 bridgehead atoms. The fourth-order valence-corrected chi connectivity index (χ4v) is 3.25. The largest absolute Gasteiger partial charge is 0.366 e. The van der Waals surface area contributed by atoms with Gasteiger partial charge in [-0.2, -0.15) is 0 Å². The van der Waals surface area contributed by atoms with Gasteiger partial charge in [-0.15, -0.1) is 0 Å². The lowest BCUT2D eigenvalue weighted by Crippen LogP contribution is -2.05. The van der Waals surface area contributed by atoms with Crippen molar-refractivity contribution in [1.29, 1.82) is 0 Å². The molecule has 0 fully saturated rings. The van der Waals surface area contributed by atoms with Gasteiger partial charge in [0.05, 0.1) is 5.69 Å². The van der Waals surface area contributed by atoms with Crippen molar-refractivity contribution in [2.75, 3.05) is 5.32 Å². The number of benzene rings is 2. The Morgan fingerprint density at radius 1 is 0.808 bits per heavy atom. The first-order valence-electron chi connectivity index (χ1n) is 9.09. The average molecular weight is 341 g/mol. The third-order valence-electron chi connectivity index (χ3n) is 4.63. The van der Waals surface area contributed by atoms with Crippen LogP contribution < -0.4 is 5.32 Å². The summed E-state index contributed by atoms with van der Waals surface area (Å²) in [5.74, 6) is 1.10. The molecule has 4 aromatic rings. The van der Waals surface area contributed by atoms with Crippen LogP contribution in [0.5, 0.6) is 0 Å². The van der Waals surface area contributed by atoms with Crippen LogP contribution in [0.1, 0.15) is 22.4 Å². The van der Waals surface area contributed by atoms with E-state index in [1.165, 1.54) is 16.7 Å². The van der Waals surface area contributed by atoms with Gasteiger partial charge in [0.2, 0.25) is 0 Å². The minimum atomic E-state index is 0.793. The van der Waals surface area contributed by atoms with Gasteiger partial charge in [-0.3, -0.25) is 4.40 Å². The fourth-order valence-electron chi connectivity index (χ4n) is 3.25. The van der Waals surface area contributed by atoms with Crippen molar-refractivity contribution in [1.82, 2.24) is 9.38 Å². The first-order chi connectivity index (χ1) is 12.8. The zero-order valence-electron chi connectivity index (χ0n) is 15.0. The average Bonchev–Trinajstić information content (AvgIpc) is 3.03. The lowest BCUT2D eigenvalue weighted by atomic mass is 10.1. The molecule has 0 amide bonds. The summed E-state index contributed by atoms with van der Waals surface area (Å²) in [4.78, 5) is 4.88. The lowest BCUT2D eigenvalue weighted by molar-refractivity contribution is 0.923. The summed E-state index contributed by atoms with van der Waals surface area (Å²) < 4.78 is 2.18. The molecule has 0 aliphatic heterocycles. The summed E-state index contributed by atoms with van der Waals surface area (Å²) in [5, 5.41) is 3.62. The number of hydrogen-bond acceptors (Lipinski definition) is 2. The minimum absolute atomic E-state index is 0.793. The summed E-state index contributed by atoms with van der Waals surface area (Å²) in [6.07, 6.45) is 4.06. The Hall–Kier alpha value is -3.07. The van der Waals surface area contributed by atoms with Gasteiger partial charge in [0.15, 0.2) is 0 Å². The fraction of sp³-hybridized carbons (Fsp3) is 0.174. The Morgan fingerprint density at radius 2 is 1.50 bits per heavy atom. The van der Waals surface area contributed by atoms with Crippen molar-refractivity contribution in [3.8, 4) is 0 Å². The Morgan fingerprint density at radius 3 is 2.23 bits per heavy atom. The minimum Gasteiger partial charge on any atom is -0.366 e. The second-order valence-corrected chi connectivity index (χ2v) is 6.67. The van der Waals surface area contributed by atoms with Crippen molar-refractivity contribution < 1.29 is 0 Å². The van der Waals surface area contributed by atoms with Crippen LogP contribution in [0.25, 0.3) is 5.65 Å². The van der Waals surface area contributed by atoms with Gasteiger partial charge in [-0.05, 0) is 42.5 Å². The Balaban J connectivity index is 1.62. The molecule has 130 valence electrons. The van der Waals surface area contributed by atoms with Gasteiger partial charge in [0.1, 0.15) is 11.5 Å². The number of imidazole rings is 1. The number of anilines is 1. The molecular formula is C23H23N3. The molecule has 0 spiro atoms. The lowest BCUT2D eigenvalue weighted by Gasteiger charge is -2.09. The maximum Gasteiger partial charge on any atom is 0.138 e. The van der Waals surface area contributed by atoms with Gasteiger partial charge in [-0.1, -0.05) is 66.7 Å². The second kappa shape index (κ2) is 7.44. The van der Waals surface area contributed by atoms with Crippen LogP contribution in [0.2, 0.25) is 0 Å². The van der Waals surface area contributed by atoms with Crippen LogP contribution in [-0.4, -0.2) is 9.38 Å². The molecule has 0 atom stereocenters. The molecule has 4 rings (SSSR count). The Labute approximate surface area is 154 Å². The van der Waals surface area contributed by atoms with E-state index in [0.29, 0.717) is 0 Å². The SMILES string of the molecule is Cc1ccc2nc(CCc3ccccc3)c(NCc3ccccc3)n2c1. The molecule has 1 N–H and O–H groups in total. The number of nitrogens with one attached hydrogen (secondary N) is 1. The quantitative estimate of drug-likeness (QED) is 0.532. The molecule has 0 saturated carbocycles. The highest BCUT2D eigenvalue weighted by Gasteiger charge is 2.12. The molecule has 0 aliphatic rings. The number of nitrogens with zero attached hydrogens (tertiary/aromatic N) is 2. The smallest absolute Gasteiger partial charge is 0.138 e. The van der Waals surface area contributed by atoms with Crippen molar-refractivity contribution in [3.05, 3.63) is 101 Å².